The molecule has 0 spiro atoms. The topological polar surface area (TPSA) is 71.6 Å². The number of hydrogen-bond donors (Lipinski definition) is 0. The molecule has 1 aromatic carbocycles. The maximum Gasteiger partial charge on any atom is 0.277 e. The summed E-state index contributed by atoms with van der Waals surface area (Å²) in [6.07, 6.45) is 5.10. The molecule has 0 aliphatic rings. The fourth-order valence-corrected chi connectivity index (χ4v) is 2.89. The van der Waals surface area contributed by atoms with Crippen LogP contribution in [0.5, 0.6) is 0 Å². The fourth-order valence-electron chi connectivity index (χ4n) is 2.37. The lowest BCUT2D eigenvalue weighted by Crippen LogP contribution is -2.25. The molecule has 0 aliphatic carbocycles. The summed E-state index contributed by atoms with van der Waals surface area (Å²) in [5, 5.41) is 9.81. The number of nitrogens with zero attached hydrogens (tertiary/aromatic N) is 4. The molecule has 2 heterocycles. The largest absolute Gasteiger partial charge is 0.277 e. The third-order valence-corrected chi connectivity index (χ3v) is 4.27. The number of aryl methyl sites for hydroxylation is 1. The van der Waals surface area contributed by atoms with Crippen LogP contribution in [0.3, 0.4) is 0 Å². The predicted molar refractivity (Wildman–Crippen MR) is 94.3 cm³/mol. The Balaban J connectivity index is 2.39. The van der Waals surface area contributed by atoms with Gasteiger partial charge in [0, 0.05) is 18.0 Å². The summed E-state index contributed by atoms with van der Waals surface area (Å²) in [6, 6.07) is 13.1. The zero-order chi connectivity index (χ0) is 17.1. The number of nitriles is 1. The number of rotatable bonds is 3. The van der Waals surface area contributed by atoms with Gasteiger partial charge in [-0.15, -0.1) is 11.8 Å². The van der Waals surface area contributed by atoms with Crippen molar-refractivity contribution in [2.75, 3.05) is 6.26 Å². The Hall–Kier alpha value is -2.91. The van der Waals surface area contributed by atoms with E-state index in [1.807, 2.05) is 37.3 Å². The third-order valence-electron chi connectivity index (χ3n) is 3.59. The molecule has 0 radical (unpaired) electrons. The molecule has 3 aromatic rings. The summed E-state index contributed by atoms with van der Waals surface area (Å²) >= 11 is 1.29. The van der Waals surface area contributed by atoms with Gasteiger partial charge in [-0.3, -0.25) is 14.3 Å². The van der Waals surface area contributed by atoms with Crippen molar-refractivity contribution in [1.82, 2.24) is 14.5 Å². The van der Waals surface area contributed by atoms with Gasteiger partial charge in [0.15, 0.2) is 0 Å². The first-order chi connectivity index (χ1) is 11.7. The van der Waals surface area contributed by atoms with E-state index in [4.69, 9.17) is 0 Å². The lowest BCUT2D eigenvalue weighted by atomic mass is 10.2. The minimum atomic E-state index is -0.368. The molecule has 2 aromatic heterocycles. The van der Waals surface area contributed by atoms with E-state index < -0.39 is 0 Å². The average molecular weight is 334 g/mol. The second-order valence-corrected chi connectivity index (χ2v) is 5.94. The number of hydrogen-bond acceptors (Lipinski definition) is 5. The van der Waals surface area contributed by atoms with Crippen molar-refractivity contribution < 1.29 is 0 Å². The van der Waals surface area contributed by atoms with Crippen LogP contribution in [0.15, 0.2) is 58.6 Å². The molecule has 24 heavy (non-hydrogen) atoms. The van der Waals surface area contributed by atoms with Crippen molar-refractivity contribution in [2.24, 2.45) is 0 Å². The molecule has 0 atom stereocenters. The quantitative estimate of drug-likeness (QED) is 0.543. The fraction of sp³-hybridized carbons (Fsp3) is 0.111. The Morgan fingerprint density at radius 2 is 1.79 bits per heavy atom. The van der Waals surface area contributed by atoms with Crippen molar-refractivity contribution in [1.29, 1.82) is 5.26 Å². The first-order valence-electron chi connectivity index (χ1n) is 7.24. The standard InChI is InChI=1S/C18H14N4OS/c1-12-3-5-14(6-4-12)22-16(13-7-9-20-10-8-13)21-17(24-2)15(11-19)18(22)23/h3-10H,1-2H3. The molecule has 0 aliphatic heterocycles. The second-order valence-electron chi connectivity index (χ2n) is 5.14. The first-order valence-corrected chi connectivity index (χ1v) is 8.46. The summed E-state index contributed by atoms with van der Waals surface area (Å²) in [4.78, 5) is 21.5. The minimum absolute atomic E-state index is 0.0564. The van der Waals surface area contributed by atoms with Crippen LogP contribution >= 0.6 is 11.8 Å². The number of aromatic nitrogens is 3. The molecule has 0 unspecified atom stereocenters. The van der Waals surface area contributed by atoms with Crippen molar-refractivity contribution in [3.63, 3.8) is 0 Å². The van der Waals surface area contributed by atoms with Gasteiger partial charge in [-0.25, -0.2) is 4.98 Å². The molecule has 6 heteroatoms. The van der Waals surface area contributed by atoms with E-state index in [2.05, 4.69) is 9.97 Å². The van der Waals surface area contributed by atoms with Gasteiger partial charge in [-0.2, -0.15) is 5.26 Å². The van der Waals surface area contributed by atoms with Gasteiger partial charge < -0.3 is 0 Å². The number of thioether (sulfide) groups is 1. The van der Waals surface area contributed by atoms with Crippen molar-refractivity contribution in [3.05, 3.63) is 70.3 Å². The molecule has 0 N–H and O–H groups in total. The Labute approximate surface area is 143 Å². The maximum absolute atomic E-state index is 12.9. The maximum atomic E-state index is 12.9. The van der Waals surface area contributed by atoms with Gasteiger partial charge in [0.25, 0.3) is 5.56 Å². The Bertz CT molecular complexity index is 973. The van der Waals surface area contributed by atoms with Gasteiger partial charge in [-0.05, 0) is 37.4 Å². The minimum Gasteiger partial charge on any atom is -0.267 e. The zero-order valence-electron chi connectivity index (χ0n) is 13.2. The van der Waals surface area contributed by atoms with Crippen LogP contribution in [0.4, 0.5) is 0 Å². The van der Waals surface area contributed by atoms with E-state index in [1.54, 1.807) is 30.8 Å². The SMILES string of the molecule is CSc1nc(-c2ccncc2)n(-c2ccc(C)cc2)c(=O)c1C#N. The Morgan fingerprint density at radius 3 is 2.38 bits per heavy atom. The van der Waals surface area contributed by atoms with Crippen LogP contribution < -0.4 is 5.56 Å². The van der Waals surface area contributed by atoms with E-state index in [0.717, 1.165) is 11.1 Å². The van der Waals surface area contributed by atoms with Crippen molar-refractivity contribution >= 4 is 11.8 Å². The van der Waals surface area contributed by atoms with Crippen LogP contribution in [0.25, 0.3) is 17.1 Å². The monoisotopic (exact) mass is 334 g/mol. The summed E-state index contributed by atoms with van der Waals surface area (Å²) in [6.45, 7) is 1.98. The van der Waals surface area contributed by atoms with Gasteiger partial charge in [-0.1, -0.05) is 17.7 Å². The van der Waals surface area contributed by atoms with Crippen molar-refractivity contribution in [2.45, 2.75) is 11.9 Å². The zero-order valence-corrected chi connectivity index (χ0v) is 14.0. The van der Waals surface area contributed by atoms with Gasteiger partial charge in [0.2, 0.25) is 0 Å². The second kappa shape index (κ2) is 6.69. The van der Waals surface area contributed by atoms with Gasteiger partial charge >= 0.3 is 0 Å². The molecular weight excluding hydrogens is 320 g/mol. The average Bonchev–Trinajstić information content (AvgIpc) is 2.62. The smallest absolute Gasteiger partial charge is 0.267 e. The molecule has 0 amide bonds. The predicted octanol–water partition coefficient (Wildman–Crippen LogP) is 3.20. The van der Waals surface area contributed by atoms with E-state index in [-0.39, 0.29) is 11.1 Å². The lowest BCUT2D eigenvalue weighted by Gasteiger charge is -2.14. The van der Waals surface area contributed by atoms with E-state index >= 15 is 0 Å². The van der Waals surface area contributed by atoms with Gasteiger partial charge in [0.1, 0.15) is 22.5 Å². The molecular formula is C18H14N4OS. The lowest BCUT2D eigenvalue weighted by molar-refractivity contribution is 0.892. The van der Waals surface area contributed by atoms with Crippen LogP contribution in [-0.4, -0.2) is 20.8 Å². The third kappa shape index (κ3) is 2.82. The van der Waals surface area contributed by atoms with Crippen LogP contribution in [0.2, 0.25) is 0 Å². The van der Waals surface area contributed by atoms with Crippen LogP contribution in [0, 0.1) is 18.3 Å². The summed E-state index contributed by atoms with van der Waals surface area (Å²) < 4.78 is 1.48. The summed E-state index contributed by atoms with van der Waals surface area (Å²) in [5.41, 5.74) is 2.22. The first kappa shape index (κ1) is 16.0. The molecule has 0 saturated heterocycles. The van der Waals surface area contributed by atoms with E-state index in [0.29, 0.717) is 16.5 Å². The van der Waals surface area contributed by atoms with Gasteiger partial charge in [0.05, 0.1) is 5.69 Å². The highest BCUT2D eigenvalue weighted by molar-refractivity contribution is 7.98. The Kier molecular flexibility index (Phi) is 4.45. The molecule has 3 rings (SSSR count). The highest BCUT2D eigenvalue weighted by Crippen LogP contribution is 2.24. The molecule has 5 nitrogen and oxygen atoms in total. The molecule has 0 bridgehead atoms. The number of benzene rings is 1. The molecule has 0 fully saturated rings. The van der Waals surface area contributed by atoms with Crippen molar-refractivity contribution in [3.8, 4) is 23.1 Å². The van der Waals surface area contributed by atoms with E-state index in [1.165, 1.54) is 16.3 Å². The highest BCUT2D eigenvalue weighted by atomic mass is 32.2. The Morgan fingerprint density at radius 1 is 1.12 bits per heavy atom. The molecule has 0 saturated carbocycles. The summed E-state index contributed by atoms with van der Waals surface area (Å²) in [5.74, 6) is 0.495. The van der Waals surface area contributed by atoms with E-state index in [9.17, 15) is 10.1 Å². The van der Waals surface area contributed by atoms with Crippen LogP contribution in [-0.2, 0) is 0 Å². The number of pyridine rings is 1. The highest BCUT2D eigenvalue weighted by Gasteiger charge is 2.18. The van der Waals surface area contributed by atoms with Crippen LogP contribution in [0.1, 0.15) is 11.1 Å². The normalized spacial score (nSPS) is 10.4. The molecule has 118 valence electrons. The summed E-state index contributed by atoms with van der Waals surface area (Å²) in [7, 11) is 0.